The van der Waals surface area contributed by atoms with Crippen LogP contribution in [0.15, 0.2) is 23.9 Å². The van der Waals surface area contributed by atoms with Crippen molar-refractivity contribution in [2.45, 2.75) is 43.6 Å². The van der Waals surface area contributed by atoms with Gasteiger partial charge in [-0.05, 0) is 37.5 Å². The van der Waals surface area contributed by atoms with Crippen LogP contribution in [-0.2, 0) is 14.3 Å². The SMILES string of the molecule is C=CCOC(=O)C1=C([C@@H]2CCCS2)C[C@@H]2[C@@H]([C@@H](C)O)C(=O)N12. The molecule has 0 aromatic heterocycles. The van der Waals surface area contributed by atoms with E-state index in [0.29, 0.717) is 17.4 Å². The van der Waals surface area contributed by atoms with Crippen molar-refractivity contribution in [3.63, 3.8) is 0 Å². The van der Waals surface area contributed by atoms with E-state index in [1.807, 2.05) is 11.8 Å². The second-order valence-electron chi connectivity index (χ2n) is 6.01. The lowest BCUT2D eigenvalue weighted by Gasteiger charge is -2.44. The van der Waals surface area contributed by atoms with Crippen LogP contribution in [0.2, 0.25) is 0 Å². The van der Waals surface area contributed by atoms with Crippen LogP contribution in [0, 0.1) is 5.92 Å². The third-order valence-electron chi connectivity index (χ3n) is 4.61. The summed E-state index contributed by atoms with van der Waals surface area (Å²) in [4.78, 5) is 26.3. The largest absolute Gasteiger partial charge is 0.457 e. The minimum absolute atomic E-state index is 0.0880. The van der Waals surface area contributed by atoms with Crippen LogP contribution in [0.3, 0.4) is 0 Å². The van der Waals surface area contributed by atoms with Gasteiger partial charge >= 0.3 is 5.97 Å². The average Bonchev–Trinajstić information content (AvgIpc) is 3.09. The number of esters is 1. The molecule has 0 aromatic carbocycles. The van der Waals surface area contributed by atoms with E-state index in [4.69, 9.17) is 4.74 Å². The van der Waals surface area contributed by atoms with E-state index in [1.54, 1.807) is 11.8 Å². The number of β-lactam (4-membered cyclic amide) rings is 1. The Balaban J connectivity index is 1.88. The van der Waals surface area contributed by atoms with Gasteiger partial charge in [0.05, 0.1) is 18.1 Å². The third kappa shape index (κ3) is 2.38. The Hall–Kier alpha value is -1.27. The van der Waals surface area contributed by atoms with E-state index in [0.717, 1.165) is 24.2 Å². The molecule has 0 unspecified atom stereocenters. The molecule has 22 heavy (non-hydrogen) atoms. The molecule has 3 rings (SSSR count). The monoisotopic (exact) mass is 323 g/mol. The number of carbonyl (C=O) groups is 2. The van der Waals surface area contributed by atoms with Crippen molar-refractivity contribution in [1.29, 1.82) is 0 Å². The topological polar surface area (TPSA) is 66.8 Å². The Morgan fingerprint density at radius 1 is 1.64 bits per heavy atom. The quantitative estimate of drug-likeness (QED) is 0.471. The number of rotatable bonds is 5. The van der Waals surface area contributed by atoms with Crippen LogP contribution in [0.1, 0.15) is 26.2 Å². The first kappa shape index (κ1) is 15.6. The predicted octanol–water partition coefficient (Wildman–Crippen LogP) is 1.48. The van der Waals surface area contributed by atoms with Crippen molar-refractivity contribution >= 4 is 23.6 Å². The fraction of sp³-hybridized carbons (Fsp3) is 0.625. The van der Waals surface area contributed by atoms with Crippen LogP contribution in [0.25, 0.3) is 0 Å². The Morgan fingerprint density at radius 2 is 2.41 bits per heavy atom. The number of hydrogen-bond donors (Lipinski definition) is 1. The van der Waals surface area contributed by atoms with Crippen molar-refractivity contribution in [3.8, 4) is 0 Å². The zero-order chi connectivity index (χ0) is 15.9. The minimum Gasteiger partial charge on any atom is -0.457 e. The molecule has 2 fully saturated rings. The third-order valence-corrected chi connectivity index (χ3v) is 6.05. The van der Waals surface area contributed by atoms with Gasteiger partial charge in [0.15, 0.2) is 0 Å². The molecule has 0 radical (unpaired) electrons. The van der Waals surface area contributed by atoms with E-state index in [1.165, 1.54) is 6.08 Å². The molecule has 5 nitrogen and oxygen atoms in total. The number of nitrogens with zero attached hydrogens (tertiary/aromatic N) is 1. The second kappa shape index (κ2) is 6.08. The first-order chi connectivity index (χ1) is 10.6. The molecule has 3 aliphatic heterocycles. The van der Waals surface area contributed by atoms with Crippen molar-refractivity contribution in [1.82, 2.24) is 4.90 Å². The summed E-state index contributed by atoms with van der Waals surface area (Å²) in [6.07, 6.45) is 3.68. The molecule has 0 saturated carbocycles. The fourth-order valence-corrected chi connectivity index (χ4v) is 4.99. The number of aliphatic hydroxyl groups excluding tert-OH is 1. The molecular weight excluding hydrogens is 302 g/mol. The highest BCUT2D eigenvalue weighted by Gasteiger charge is 2.57. The first-order valence-electron chi connectivity index (χ1n) is 7.70. The van der Waals surface area contributed by atoms with Crippen molar-refractivity contribution in [3.05, 3.63) is 23.9 Å². The molecule has 2 saturated heterocycles. The molecule has 3 heterocycles. The lowest BCUT2D eigenvalue weighted by Crippen LogP contribution is -2.61. The van der Waals surface area contributed by atoms with Crippen molar-refractivity contribution in [2.24, 2.45) is 5.92 Å². The Kier molecular flexibility index (Phi) is 4.32. The van der Waals surface area contributed by atoms with Gasteiger partial charge in [0.25, 0.3) is 0 Å². The number of hydrogen-bond acceptors (Lipinski definition) is 5. The number of carbonyl (C=O) groups excluding carboxylic acids is 2. The summed E-state index contributed by atoms with van der Waals surface area (Å²) in [5.74, 6) is 0.0821. The zero-order valence-corrected chi connectivity index (χ0v) is 13.5. The molecule has 0 spiro atoms. The van der Waals surface area contributed by atoms with Crippen molar-refractivity contribution in [2.75, 3.05) is 12.4 Å². The summed E-state index contributed by atoms with van der Waals surface area (Å²) in [5.41, 5.74) is 1.45. The summed E-state index contributed by atoms with van der Waals surface area (Å²) < 4.78 is 5.18. The molecule has 6 heteroatoms. The molecule has 4 atom stereocenters. The van der Waals surface area contributed by atoms with Gasteiger partial charge in [-0.2, -0.15) is 11.8 Å². The second-order valence-corrected chi connectivity index (χ2v) is 7.32. The van der Waals surface area contributed by atoms with Gasteiger partial charge in [-0.15, -0.1) is 0 Å². The predicted molar refractivity (Wildman–Crippen MR) is 84.1 cm³/mol. The van der Waals surface area contributed by atoms with Gasteiger partial charge in [0, 0.05) is 5.25 Å². The van der Waals surface area contributed by atoms with E-state index in [9.17, 15) is 14.7 Å². The number of aliphatic hydroxyl groups is 1. The highest BCUT2D eigenvalue weighted by molar-refractivity contribution is 8.00. The highest BCUT2D eigenvalue weighted by Crippen LogP contribution is 2.48. The molecule has 1 N–H and O–H groups in total. The average molecular weight is 323 g/mol. The Bertz CT molecular complexity index is 536. The molecule has 120 valence electrons. The normalized spacial score (nSPS) is 31.8. The molecule has 0 aliphatic carbocycles. The van der Waals surface area contributed by atoms with Crippen molar-refractivity contribution < 1.29 is 19.4 Å². The lowest BCUT2D eigenvalue weighted by molar-refractivity contribution is -0.162. The maximum Gasteiger partial charge on any atom is 0.355 e. The van der Waals surface area contributed by atoms with Gasteiger partial charge in [0.2, 0.25) is 5.91 Å². The number of fused-ring (bicyclic) bond motifs is 1. The van der Waals surface area contributed by atoms with Gasteiger partial charge in [-0.25, -0.2) is 4.79 Å². The molecule has 1 amide bonds. The van der Waals surface area contributed by atoms with Crippen LogP contribution in [0.5, 0.6) is 0 Å². The standard InChI is InChI=1S/C16H21NO4S/c1-3-6-21-16(20)14-10(12-5-4-7-22-12)8-11-13(9(2)18)15(19)17(11)14/h3,9,11-13,18H,1,4-8H2,2H3/t9-,11-,12+,13-/m1/s1. The first-order valence-corrected chi connectivity index (χ1v) is 8.75. The van der Waals surface area contributed by atoms with Gasteiger partial charge in [0.1, 0.15) is 12.3 Å². The van der Waals surface area contributed by atoms with Gasteiger partial charge in [-0.1, -0.05) is 12.7 Å². The lowest BCUT2D eigenvalue weighted by atomic mass is 9.82. The highest BCUT2D eigenvalue weighted by atomic mass is 32.2. The van der Waals surface area contributed by atoms with Crippen LogP contribution >= 0.6 is 11.8 Å². The maximum atomic E-state index is 12.4. The number of thioether (sulfide) groups is 1. The Morgan fingerprint density at radius 3 is 3.00 bits per heavy atom. The van der Waals surface area contributed by atoms with Gasteiger partial charge in [-0.3, -0.25) is 4.79 Å². The summed E-state index contributed by atoms with van der Waals surface area (Å²) in [6.45, 7) is 5.32. The maximum absolute atomic E-state index is 12.4. The van der Waals surface area contributed by atoms with Crippen LogP contribution in [-0.4, -0.2) is 51.6 Å². The zero-order valence-electron chi connectivity index (χ0n) is 12.7. The van der Waals surface area contributed by atoms with E-state index in [-0.39, 0.29) is 18.6 Å². The number of ether oxygens (including phenoxy) is 1. The summed E-state index contributed by atoms with van der Waals surface area (Å²) >= 11 is 1.84. The van der Waals surface area contributed by atoms with E-state index < -0.39 is 18.0 Å². The Labute approximate surface area is 134 Å². The molecule has 3 aliphatic rings. The number of amides is 1. The summed E-state index contributed by atoms with van der Waals surface area (Å²) in [5, 5.41) is 10.1. The summed E-state index contributed by atoms with van der Waals surface area (Å²) in [6, 6.07) is -0.0880. The minimum atomic E-state index is -0.685. The van der Waals surface area contributed by atoms with E-state index >= 15 is 0 Å². The molecular formula is C16H21NO4S. The van der Waals surface area contributed by atoms with E-state index in [2.05, 4.69) is 6.58 Å². The molecule has 0 aromatic rings. The fourth-order valence-electron chi connectivity index (χ4n) is 3.63. The molecule has 0 bridgehead atoms. The van der Waals surface area contributed by atoms with Gasteiger partial charge < -0.3 is 14.7 Å². The van der Waals surface area contributed by atoms with Crippen LogP contribution < -0.4 is 0 Å². The smallest absolute Gasteiger partial charge is 0.355 e. The van der Waals surface area contributed by atoms with Crippen LogP contribution in [0.4, 0.5) is 0 Å². The summed E-state index contributed by atoms with van der Waals surface area (Å²) in [7, 11) is 0.